The van der Waals surface area contributed by atoms with E-state index in [1.54, 1.807) is 0 Å². The first kappa shape index (κ1) is 7.22. The molecule has 0 aromatic carbocycles. The molecule has 42 valence electrons. The number of carboxylic acid groups (broad SMARTS) is 1. The average Bonchev–Trinajstić information content (AvgIpc) is 1.66. The molecule has 0 aliphatic rings. The minimum absolute atomic E-state index is 0.300. The van der Waals surface area contributed by atoms with E-state index in [1.165, 1.54) is 0 Å². The van der Waals surface area contributed by atoms with E-state index >= 15 is 0 Å². The molecule has 0 heterocycles. The quantitative estimate of drug-likeness (QED) is 0.423. The minimum atomic E-state index is -1.07. The van der Waals surface area contributed by atoms with Gasteiger partial charge in [0, 0.05) is 0 Å². The van der Waals surface area contributed by atoms with Gasteiger partial charge in [0.1, 0.15) is 0 Å². The maximum absolute atomic E-state index is 9.64. The van der Waals surface area contributed by atoms with Crippen molar-refractivity contribution in [3.05, 3.63) is 12.2 Å². The van der Waals surface area contributed by atoms with Crippen molar-refractivity contribution in [3.8, 4) is 5.63 Å². The van der Waals surface area contributed by atoms with Crippen LogP contribution in [0.3, 0.4) is 0 Å². The Hall–Kier alpha value is -0.780. The number of hydrogen-bond donors (Lipinski definition) is 1. The fourth-order valence-corrected chi connectivity index (χ4v) is 0.274. The van der Waals surface area contributed by atoms with Gasteiger partial charge in [0.2, 0.25) is 0 Å². The van der Waals surface area contributed by atoms with E-state index in [0.717, 1.165) is 12.2 Å². The van der Waals surface area contributed by atoms with Crippen molar-refractivity contribution in [2.24, 2.45) is 0 Å². The van der Waals surface area contributed by atoms with E-state index in [-0.39, 0.29) is 7.92 Å². The molecule has 0 radical (unpaired) electrons. The Morgan fingerprint density at radius 2 is 2.38 bits per heavy atom. The SMILES string of the molecule is O=P#C/C=C/C(=O)O. The second-order valence-corrected chi connectivity index (χ2v) is 1.33. The molecule has 0 saturated carbocycles. The standard InChI is InChI=1S/C4H3O3P/c5-4(6)2-1-3-8-7/h1-2H,(H,5,6)/b2-1+. The number of rotatable bonds is 1. The van der Waals surface area contributed by atoms with Gasteiger partial charge in [-0.05, 0) is 0 Å². The summed E-state index contributed by atoms with van der Waals surface area (Å²) in [6, 6.07) is 0. The van der Waals surface area contributed by atoms with Gasteiger partial charge in [-0.15, -0.1) is 0 Å². The Labute approximate surface area is 47.1 Å². The molecule has 0 spiro atoms. The summed E-state index contributed by atoms with van der Waals surface area (Å²) in [5.74, 6) is -1.07. The molecule has 0 fully saturated rings. The first-order valence-electron chi connectivity index (χ1n) is 1.74. The van der Waals surface area contributed by atoms with E-state index in [2.05, 4.69) is 5.63 Å². The van der Waals surface area contributed by atoms with Crippen molar-refractivity contribution < 1.29 is 14.5 Å². The molecule has 0 amide bonds. The van der Waals surface area contributed by atoms with Crippen LogP contribution < -0.4 is 0 Å². The summed E-state index contributed by atoms with van der Waals surface area (Å²) >= 11 is 0. The van der Waals surface area contributed by atoms with Crippen LogP contribution in [0.5, 0.6) is 0 Å². The normalized spacial score (nSPS) is 8.50. The van der Waals surface area contributed by atoms with Crippen LogP contribution in [0.25, 0.3) is 0 Å². The van der Waals surface area contributed by atoms with Gasteiger partial charge in [0.05, 0.1) is 0 Å². The molecule has 3 nitrogen and oxygen atoms in total. The van der Waals surface area contributed by atoms with Crippen LogP contribution in [0, 0.1) is 5.63 Å². The molecule has 0 aliphatic carbocycles. The second kappa shape index (κ2) is 4.38. The van der Waals surface area contributed by atoms with Crippen molar-refractivity contribution in [1.82, 2.24) is 0 Å². The summed E-state index contributed by atoms with van der Waals surface area (Å²) in [4.78, 5) is 9.64. The molecule has 0 unspecified atom stereocenters. The van der Waals surface area contributed by atoms with E-state index in [1.807, 2.05) is 0 Å². The Morgan fingerprint density at radius 1 is 1.75 bits per heavy atom. The van der Waals surface area contributed by atoms with Gasteiger partial charge in [-0.2, -0.15) is 0 Å². The third-order valence-corrected chi connectivity index (χ3v) is 0.608. The summed E-state index contributed by atoms with van der Waals surface area (Å²) in [7, 11) is -0.300. The Balaban J connectivity index is 3.79. The third kappa shape index (κ3) is 5.22. The summed E-state index contributed by atoms with van der Waals surface area (Å²) in [6.45, 7) is 0. The molecule has 0 bridgehead atoms. The van der Waals surface area contributed by atoms with Gasteiger partial charge >= 0.3 is 46.1 Å². The fourth-order valence-electron chi connectivity index (χ4n) is 0.139. The van der Waals surface area contributed by atoms with Crippen LogP contribution >= 0.6 is 7.92 Å². The number of hydrogen-bond acceptors (Lipinski definition) is 2. The van der Waals surface area contributed by atoms with Crippen molar-refractivity contribution in [2.75, 3.05) is 0 Å². The van der Waals surface area contributed by atoms with Crippen molar-refractivity contribution in [2.45, 2.75) is 0 Å². The summed E-state index contributed by atoms with van der Waals surface area (Å²) in [5, 5.41) is 7.91. The molecular weight excluding hydrogens is 127 g/mol. The van der Waals surface area contributed by atoms with Crippen molar-refractivity contribution >= 4 is 13.9 Å². The number of allylic oxidation sites excluding steroid dienone is 1. The molecule has 4 heteroatoms. The third-order valence-electron chi connectivity index (χ3n) is 0.353. The number of carboxylic acids is 1. The van der Waals surface area contributed by atoms with Gasteiger partial charge in [0.25, 0.3) is 0 Å². The van der Waals surface area contributed by atoms with E-state index in [9.17, 15) is 9.36 Å². The van der Waals surface area contributed by atoms with Gasteiger partial charge in [-0.3, -0.25) is 0 Å². The zero-order valence-electron chi connectivity index (χ0n) is 3.87. The monoisotopic (exact) mass is 130 g/mol. The van der Waals surface area contributed by atoms with Crippen LogP contribution in [-0.4, -0.2) is 11.1 Å². The molecule has 8 heavy (non-hydrogen) atoms. The summed E-state index contributed by atoms with van der Waals surface area (Å²) in [5.41, 5.74) is 2.13. The predicted octanol–water partition coefficient (Wildman–Crippen LogP) is 0.878. The predicted molar refractivity (Wildman–Crippen MR) is 28.3 cm³/mol. The van der Waals surface area contributed by atoms with Gasteiger partial charge < -0.3 is 0 Å². The Bertz CT molecular complexity index is 198. The maximum atomic E-state index is 9.64. The number of carbonyl (C=O) groups is 1. The molecular formula is C4H3O3P. The molecule has 0 aliphatic heterocycles. The molecule has 0 rings (SSSR count). The van der Waals surface area contributed by atoms with Crippen molar-refractivity contribution in [3.63, 3.8) is 0 Å². The van der Waals surface area contributed by atoms with Crippen molar-refractivity contribution in [1.29, 1.82) is 0 Å². The van der Waals surface area contributed by atoms with Gasteiger partial charge in [-0.25, -0.2) is 0 Å². The van der Waals surface area contributed by atoms with Crippen LogP contribution in [0.2, 0.25) is 0 Å². The van der Waals surface area contributed by atoms with Gasteiger partial charge in [0.15, 0.2) is 0 Å². The van der Waals surface area contributed by atoms with Crippen LogP contribution in [-0.2, 0) is 9.36 Å². The van der Waals surface area contributed by atoms with E-state index in [4.69, 9.17) is 5.11 Å². The zero-order chi connectivity index (χ0) is 6.41. The zero-order valence-corrected chi connectivity index (χ0v) is 4.76. The van der Waals surface area contributed by atoms with Crippen LogP contribution in [0.1, 0.15) is 0 Å². The van der Waals surface area contributed by atoms with Gasteiger partial charge in [-0.1, -0.05) is 0 Å². The average molecular weight is 130 g/mol. The Morgan fingerprint density at radius 3 is 2.75 bits per heavy atom. The first-order valence-corrected chi connectivity index (χ1v) is 2.56. The van der Waals surface area contributed by atoms with Crippen LogP contribution in [0.4, 0.5) is 0 Å². The topological polar surface area (TPSA) is 54.4 Å². The second-order valence-electron chi connectivity index (χ2n) is 0.892. The van der Waals surface area contributed by atoms with E-state index in [0.29, 0.717) is 0 Å². The Kier molecular flexibility index (Phi) is 3.95. The molecule has 0 atom stereocenters. The van der Waals surface area contributed by atoms with Crippen LogP contribution in [0.15, 0.2) is 12.2 Å². The summed E-state index contributed by atoms with van der Waals surface area (Å²) in [6.07, 6.45) is 1.93. The first-order chi connectivity index (χ1) is 3.77. The molecule has 0 aromatic rings. The van der Waals surface area contributed by atoms with E-state index < -0.39 is 5.97 Å². The number of aliphatic carboxylic acids is 1. The molecule has 0 aromatic heterocycles. The fraction of sp³-hybridized carbons (Fsp3) is 0. The molecule has 1 N–H and O–H groups in total. The molecule has 0 saturated heterocycles. The summed E-state index contributed by atoms with van der Waals surface area (Å²) < 4.78 is 9.53.